The van der Waals surface area contributed by atoms with Crippen molar-refractivity contribution in [2.45, 2.75) is 19.1 Å². The largest absolute Gasteiger partial charge is 0.278 e. The van der Waals surface area contributed by atoms with Crippen molar-refractivity contribution in [3.8, 4) is 11.8 Å². The average Bonchev–Trinajstić information content (AvgIpc) is 2.86. The topological polar surface area (TPSA) is 3.24 Å². The van der Waals surface area contributed by atoms with Crippen molar-refractivity contribution in [3.63, 3.8) is 0 Å². The van der Waals surface area contributed by atoms with Crippen LogP contribution in [-0.4, -0.2) is 10.9 Å². The molecule has 0 aliphatic rings. The molecule has 1 nitrogen and oxygen atoms in total. The molecule has 1 atom stereocenters. The molecule has 4 aromatic rings. The summed E-state index contributed by atoms with van der Waals surface area (Å²) in [5.41, 5.74) is 4.77. The number of benzene rings is 4. The van der Waals surface area contributed by atoms with Crippen molar-refractivity contribution in [2.24, 2.45) is 0 Å². The van der Waals surface area contributed by atoms with Gasteiger partial charge in [-0.25, -0.2) is 0 Å². The van der Waals surface area contributed by atoms with E-state index in [-0.39, 0.29) is 6.04 Å². The molecule has 0 aromatic heterocycles. The van der Waals surface area contributed by atoms with Crippen molar-refractivity contribution >= 4 is 6.08 Å². The van der Waals surface area contributed by atoms with Crippen LogP contribution < -0.4 is 0 Å². The van der Waals surface area contributed by atoms with Crippen LogP contribution in [0, 0.1) is 11.8 Å². The summed E-state index contributed by atoms with van der Waals surface area (Å²) < 4.78 is 0. The Labute approximate surface area is 191 Å². The van der Waals surface area contributed by atoms with E-state index in [4.69, 9.17) is 0 Å². The standard InChI is InChI=1S/C31H27N/c1-5-13-27(14-6-1)21-23-31(24-22-28-15-7-2-8-16-28)32(25-29-17-9-3-10-18-29)26-30-19-11-4-12-20-30/h1-21,23,31H,25-26H2/b23-21+. The molecule has 32 heavy (non-hydrogen) atoms. The Morgan fingerprint density at radius 1 is 0.594 bits per heavy atom. The Bertz CT molecular complexity index is 1110. The highest BCUT2D eigenvalue weighted by atomic mass is 15.1. The predicted molar refractivity (Wildman–Crippen MR) is 135 cm³/mol. The molecule has 0 N–H and O–H groups in total. The molecule has 0 amide bonds. The summed E-state index contributed by atoms with van der Waals surface area (Å²) in [5.74, 6) is 6.93. The summed E-state index contributed by atoms with van der Waals surface area (Å²) in [6, 6.07) is 41.8. The third-order valence-corrected chi connectivity index (χ3v) is 5.26. The molecule has 4 aromatic carbocycles. The zero-order chi connectivity index (χ0) is 21.8. The lowest BCUT2D eigenvalue weighted by Crippen LogP contribution is -2.32. The fourth-order valence-electron chi connectivity index (χ4n) is 3.59. The van der Waals surface area contributed by atoms with Crippen LogP contribution in [0.4, 0.5) is 0 Å². The fraction of sp³-hybridized carbons (Fsp3) is 0.0968. The molecule has 0 spiro atoms. The van der Waals surface area contributed by atoms with Gasteiger partial charge >= 0.3 is 0 Å². The average molecular weight is 414 g/mol. The normalized spacial score (nSPS) is 11.8. The first-order valence-electron chi connectivity index (χ1n) is 11.0. The maximum absolute atomic E-state index is 3.54. The first-order chi connectivity index (χ1) is 15.9. The van der Waals surface area contributed by atoms with E-state index >= 15 is 0 Å². The lowest BCUT2D eigenvalue weighted by molar-refractivity contribution is 0.247. The second kappa shape index (κ2) is 11.5. The van der Waals surface area contributed by atoms with Gasteiger partial charge < -0.3 is 0 Å². The van der Waals surface area contributed by atoms with E-state index in [2.05, 4.69) is 126 Å². The van der Waals surface area contributed by atoms with E-state index < -0.39 is 0 Å². The minimum Gasteiger partial charge on any atom is -0.278 e. The quantitative estimate of drug-likeness (QED) is 0.300. The third kappa shape index (κ3) is 6.57. The molecular weight excluding hydrogens is 386 g/mol. The molecule has 1 heteroatoms. The Hall–Kier alpha value is -3.86. The second-order valence-electron chi connectivity index (χ2n) is 7.73. The first kappa shape index (κ1) is 21.4. The molecule has 0 saturated carbocycles. The molecule has 156 valence electrons. The Morgan fingerprint density at radius 2 is 1.06 bits per heavy atom. The zero-order valence-corrected chi connectivity index (χ0v) is 18.1. The summed E-state index contributed by atoms with van der Waals surface area (Å²) in [6.45, 7) is 1.64. The highest BCUT2D eigenvalue weighted by molar-refractivity contribution is 5.51. The Morgan fingerprint density at radius 3 is 1.59 bits per heavy atom. The van der Waals surface area contributed by atoms with Crippen molar-refractivity contribution < 1.29 is 0 Å². The second-order valence-corrected chi connectivity index (χ2v) is 7.73. The molecule has 0 aliphatic carbocycles. The van der Waals surface area contributed by atoms with Crippen molar-refractivity contribution in [1.29, 1.82) is 0 Å². The number of hydrogen-bond acceptors (Lipinski definition) is 1. The van der Waals surface area contributed by atoms with Crippen LogP contribution in [-0.2, 0) is 13.1 Å². The molecule has 0 saturated heterocycles. The fourth-order valence-corrected chi connectivity index (χ4v) is 3.59. The Balaban J connectivity index is 1.68. The summed E-state index contributed by atoms with van der Waals surface area (Å²) >= 11 is 0. The van der Waals surface area contributed by atoms with Gasteiger partial charge in [-0.3, -0.25) is 4.90 Å². The van der Waals surface area contributed by atoms with E-state index in [0.717, 1.165) is 18.7 Å². The molecule has 0 radical (unpaired) electrons. The van der Waals surface area contributed by atoms with Crippen LogP contribution >= 0.6 is 0 Å². The smallest absolute Gasteiger partial charge is 0.0913 e. The third-order valence-electron chi connectivity index (χ3n) is 5.26. The summed E-state index contributed by atoms with van der Waals surface area (Å²) in [4.78, 5) is 2.43. The van der Waals surface area contributed by atoms with Crippen molar-refractivity contribution in [3.05, 3.63) is 150 Å². The molecule has 0 heterocycles. The molecule has 0 bridgehead atoms. The molecule has 4 rings (SSSR count). The monoisotopic (exact) mass is 413 g/mol. The van der Waals surface area contributed by atoms with Gasteiger partial charge in [0, 0.05) is 18.7 Å². The van der Waals surface area contributed by atoms with Gasteiger partial charge in [0.1, 0.15) is 0 Å². The number of rotatable bonds is 7. The van der Waals surface area contributed by atoms with E-state index in [9.17, 15) is 0 Å². The first-order valence-corrected chi connectivity index (χ1v) is 11.0. The van der Waals surface area contributed by atoms with Crippen LogP contribution in [0.25, 0.3) is 6.08 Å². The molecular formula is C31H27N. The van der Waals surface area contributed by atoms with Gasteiger partial charge in [-0.05, 0) is 28.8 Å². The van der Waals surface area contributed by atoms with Crippen LogP contribution in [0.15, 0.2) is 127 Å². The van der Waals surface area contributed by atoms with Crippen LogP contribution in [0.5, 0.6) is 0 Å². The van der Waals surface area contributed by atoms with Gasteiger partial charge in [0.25, 0.3) is 0 Å². The van der Waals surface area contributed by atoms with Gasteiger partial charge in [0.05, 0.1) is 6.04 Å². The number of hydrogen-bond donors (Lipinski definition) is 0. The van der Waals surface area contributed by atoms with Gasteiger partial charge in [-0.15, -0.1) is 0 Å². The summed E-state index contributed by atoms with van der Waals surface area (Å²) in [5, 5.41) is 0. The van der Waals surface area contributed by atoms with E-state index in [1.54, 1.807) is 0 Å². The highest BCUT2D eigenvalue weighted by Crippen LogP contribution is 2.16. The summed E-state index contributed by atoms with van der Waals surface area (Å²) in [7, 11) is 0. The lowest BCUT2D eigenvalue weighted by atomic mass is 10.1. The van der Waals surface area contributed by atoms with Crippen LogP contribution in [0.1, 0.15) is 22.3 Å². The highest BCUT2D eigenvalue weighted by Gasteiger charge is 2.15. The maximum Gasteiger partial charge on any atom is 0.0913 e. The summed E-state index contributed by atoms with van der Waals surface area (Å²) in [6.07, 6.45) is 4.39. The lowest BCUT2D eigenvalue weighted by Gasteiger charge is -2.27. The molecule has 1 unspecified atom stereocenters. The van der Waals surface area contributed by atoms with Crippen molar-refractivity contribution in [2.75, 3.05) is 0 Å². The van der Waals surface area contributed by atoms with Gasteiger partial charge in [-0.2, -0.15) is 0 Å². The molecule has 0 fully saturated rings. The Kier molecular flexibility index (Phi) is 7.69. The molecule has 0 aliphatic heterocycles. The predicted octanol–water partition coefficient (Wildman–Crippen LogP) is 6.82. The zero-order valence-electron chi connectivity index (χ0n) is 18.1. The van der Waals surface area contributed by atoms with Crippen molar-refractivity contribution in [1.82, 2.24) is 4.90 Å². The van der Waals surface area contributed by atoms with Gasteiger partial charge in [0.2, 0.25) is 0 Å². The van der Waals surface area contributed by atoms with Crippen LogP contribution in [0.3, 0.4) is 0 Å². The minimum atomic E-state index is -0.0316. The van der Waals surface area contributed by atoms with Gasteiger partial charge in [0.15, 0.2) is 0 Å². The van der Waals surface area contributed by atoms with E-state index in [1.165, 1.54) is 16.7 Å². The SMILES string of the molecule is C(#CC(/C=C/c1ccccc1)N(Cc1ccccc1)Cc1ccccc1)c1ccccc1. The van der Waals surface area contributed by atoms with E-state index in [1.807, 2.05) is 24.3 Å². The minimum absolute atomic E-state index is 0.0316. The van der Waals surface area contributed by atoms with Gasteiger partial charge in [-0.1, -0.05) is 133 Å². The number of nitrogens with zero attached hydrogens (tertiary/aromatic N) is 1. The van der Waals surface area contributed by atoms with Crippen LogP contribution in [0.2, 0.25) is 0 Å². The van der Waals surface area contributed by atoms with E-state index in [0.29, 0.717) is 0 Å². The maximum atomic E-state index is 3.54.